The Morgan fingerprint density at radius 3 is 2.69 bits per heavy atom. The minimum absolute atomic E-state index is 0.111. The molecule has 0 radical (unpaired) electrons. The zero-order valence-corrected chi connectivity index (χ0v) is 19.8. The van der Waals surface area contributed by atoms with E-state index in [1.807, 2.05) is 45.0 Å². The normalized spacial score (nSPS) is 21.2. The highest BCUT2D eigenvalue weighted by Gasteiger charge is 2.33. The van der Waals surface area contributed by atoms with Gasteiger partial charge in [0.1, 0.15) is 10.6 Å². The van der Waals surface area contributed by atoms with E-state index in [2.05, 4.69) is 15.2 Å². The summed E-state index contributed by atoms with van der Waals surface area (Å²) >= 11 is 1.42. The van der Waals surface area contributed by atoms with Crippen molar-refractivity contribution in [2.24, 2.45) is 11.8 Å². The van der Waals surface area contributed by atoms with E-state index < -0.39 is 0 Å². The first kappa shape index (κ1) is 21.4. The van der Waals surface area contributed by atoms with Gasteiger partial charge in [0.2, 0.25) is 0 Å². The van der Waals surface area contributed by atoms with Crippen LogP contribution < -0.4 is 10.2 Å². The number of hydrogen-bond donors (Lipinski definition) is 1. The molecule has 1 amide bonds. The number of carbonyl (C=O) groups excluding carboxylic acids is 1. The van der Waals surface area contributed by atoms with Crippen LogP contribution in [0.25, 0.3) is 10.2 Å². The Morgan fingerprint density at radius 1 is 1.22 bits per heavy atom. The van der Waals surface area contributed by atoms with Gasteiger partial charge in [0, 0.05) is 42.3 Å². The molecule has 2 unspecified atom stereocenters. The van der Waals surface area contributed by atoms with Crippen molar-refractivity contribution in [3.63, 3.8) is 0 Å². The average Bonchev–Trinajstić information content (AvgIpc) is 3.29. The molecule has 1 aliphatic heterocycles. The van der Waals surface area contributed by atoms with E-state index in [-0.39, 0.29) is 17.6 Å². The van der Waals surface area contributed by atoms with Gasteiger partial charge in [-0.2, -0.15) is 0 Å². The number of pyridine rings is 1. The van der Waals surface area contributed by atoms with Crippen molar-refractivity contribution in [3.8, 4) is 0 Å². The Hall–Kier alpha value is -2.47. The van der Waals surface area contributed by atoms with Gasteiger partial charge in [-0.05, 0) is 80.3 Å². The predicted molar refractivity (Wildman–Crippen MR) is 129 cm³/mol. The van der Waals surface area contributed by atoms with Crippen molar-refractivity contribution < 1.29 is 9.18 Å². The standard InChI is InChI=1S/C26H30FN3OS/c1-15(12-28-25(31)24-17(3)22-8-4-16(2)29-26(22)32-24)21-9-7-20(11-23(21)27)30-13-18-5-6-19(10-18)14-30/h4,7-9,11,15,18-19H,5-6,10,12-14H2,1-3H3,(H,28,31)/t15-,18?,19?/m0/s1. The molecule has 3 aromatic rings. The molecule has 1 aliphatic carbocycles. The van der Waals surface area contributed by atoms with Crippen molar-refractivity contribution in [1.29, 1.82) is 0 Å². The van der Waals surface area contributed by atoms with Gasteiger partial charge in [-0.15, -0.1) is 11.3 Å². The molecule has 2 bridgehead atoms. The van der Waals surface area contributed by atoms with Gasteiger partial charge in [0.25, 0.3) is 5.91 Å². The summed E-state index contributed by atoms with van der Waals surface area (Å²) in [7, 11) is 0. The monoisotopic (exact) mass is 451 g/mol. The van der Waals surface area contributed by atoms with Gasteiger partial charge in [0.05, 0.1) is 4.88 Å². The van der Waals surface area contributed by atoms with E-state index in [1.165, 1.54) is 30.6 Å². The number of halogens is 1. The SMILES string of the molecule is Cc1ccc2c(C)c(C(=O)NC[C@H](C)c3ccc(N4CC5CCC(C5)C4)cc3F)sc2n1. The van der Waals surface area contributed by atoms with Crippen molar-refractivity contribution in [2.45, 2.75) is 46.0 Å². The van der Waals surface area contributed by atoms with Gasteiger partial charge in [-0.3, -0.25) is 4.79 Å². The maximum atomic E-state index is 15.0. The quantitative estimate of drug-likeness (QED) is 0.531. The molecular formula is C26H30FN3OS. The number of nitrogens with zero attached hydrogens (tertiary/aromatic N) is 2. The highest BCUT2D eigenvalue weighted by atomic mass is 32.1. The molecule has 2 aromatic heterocycles. The van der Waals surface area contributed by atoms with E-state index in [9.17, 15) is 4.79 Å². The topological polar surface area (TPSA) is 45.2 Å². The number of aromatic nitrogens is 1. The summed E-state index contributed by atoms with van der Waals surface area (Å²) in [6, 6.07) is 9.62. The summed E-state index contributed by atoms with van der Waals surface area (Å²) in [5, 5.41) is 4.03. The molecule has 1 aromatic carbocycles. The summed E-state index contributed by atoms with van der Waals surface area (Å²) in [4.78, 5) is 21.3. The van der Waals surface area contributed by atoms with Crippen molar-refractivity contribution in [2.75, 3.05) is 24.5 Å². The van der Waals surface area contributed by atoms with Crippen molar-refractivity contribution >= 4 is 33.1 Å². The van der Waals surface area contributed by atoms with Crippen LogP contribution in [0.3, 0.4) is 0 Å². The molecule has 4 nitrogen and oxygen atoms in total. The smallest absolute Gasteiger partial charge is 0.261 e. The summed E-state index contributed by atoms with van der Waals surface area (Å²) in [6.07, 6.45) is 3.96. The molecule has 3 atom stereocenters. The van der Waals surface area contributed by atoms with E-state index in [1.54, 1.807) is 6.07 Å². The molecule has 168 valence electrons. The van der Waals surface area contributed by atoms with E-state index in [0.717, 1.165) is 52.1 Å². The number of carbonyl (C=O) groups is 1. The average molecular weight is 452 g/mol. The highest BCUT2D eigenvalue weighted by molar-refractivity contribution is 7.20. The van der Waals surface area contributed by atoms with Crippen LogP contribution in [0, 0.1) is 31.5 Å². The predicted octanol–water partition coefficient (Wildman–Crippen LogP) is 5.82. The third-order valence-corrected chi connectivity index (χ3v) is 8.41. The van der Waals surface area contributed by atoms with E-state index in [4.69, 9.17) is 0 Å². The van der Waals surface area contributed by atoms with Crippen LogP contribution in [0.5, 0.6) is 0 Å². The molecular weight excluding hydrogens is 421 g/mol. The van der Waals surface area contributed by atoms with Crippen LogP contribution >= 0.6 is 11.3 Å². The fraction of sp³-hybridized carbons (Fsp3) is 0.462. The number of aryl methyl sites for hydroxylation is 2. The first-order valence-corrected chi connectivity index (χ1v) is 12.4. The lowest BCUT2D eigenvalue weighted by molar-refractivity contribution is 0.0955. The van der Waals surface area contributed by atoms with Crippen LogP contribution in [0.1, 0.15) is 58.6 Å². The van der Waals surface area contributed by atoms with Gasteiger partial charge in [-0.1, -0.05) is 13.0 Å². The molecule has 2 aliphatic rings. The van der Waals surface area contributed by atoms with Crippen LogP contribution in [-0.2, 0) is 0 Å². The molecule has 1 N–H and O–H groups in total. The number of benzene rings is 1. The number of piperidine rings is 1. The first-order valence-electron chi connectivity index (χ1n) is 11.6. The fourth-order valence-corrected chi connectivity index (χ4v) is 6.52. The largest absolute Gasteiger partial charge is 0.371 e. The molecule has 5 rings (SSSR count). The Morgan fingerprint density at radius 2 is 1.97 bits per heavy atom. The van der Waals surface area contributed by atoms with Crippen LogP contribution in [0.4, 0.5) is 10.1 Å². The fourth-order valence-electron chi connectivity index (χ4n) is 5.38. The maximum absolute atomic E-state index is 15.0. The Balaban J connectivity index is 1.25. The molecule has 0 spiro atoms. The van der Waals surface area contributed by atoms with Gasteiger partial charge >= 0.3 is 0 Å². The zero-order chi connectivity index (χ0) is 22.4. The van der Waals surface area contributed by atoms with E-state index >= 15 is 4.39 Å². The Bertz CT molecular complexity index is 1160. The highest BCUT2D eigenvalue weighted by Crippen LogP contribution is 2.38. The summed E-state index contributed by atoms with van der Waals surface area (Å²) < 4.78 is 15.0. The third-order valence-electron chi connectivity index (χ3n) is 7.20. The summed E-state index contributed by atoms with van der Waals surface area (Å²) in [5.74, 6) is 1.13. The Labute approximate surface area is 192 Å². The maximum Gasteiger partial charge on any atom is 0.261 e. The second-order valence-electron chi connectivity index (χ2n) is 9.63. The molecule has 3 heterocycles. The lowest BCUT2D eigenvalue weighted by Gasteiger charge is -2.34. The molecule has 6 heteroatoms. The number of amides is 1. The first-order chi connectivity index (χ1) is 15.4. The van der Waals surface area contributed by atoms with Gasteiger partial charge in [-0.25, -0.2) is 9.37 Å². The zero-order valence-electron chi connectivity index (χ0n) is 19.0. The number of nitrogens with one attached hydrogen (secondary N) is 1. The minimum atomic E-state index is -0.181. The molecule has 1 saturated heterocycles. The van der Waals surface area contributed by atoms with Gasteiger partial charge in [0.15, 0.2) is 0 Å². The van der Waals surface area contributed by atoms with Crippen molar-refractivity contribution in [3.05, 3.63) is 57.8 Å². The van der Waals surface area contributed by atoms with Crippen LogP contribution in [0.15, 0.2) is 30.3 Å². The lowest BCUT2D eigenvalue weighted by Crippen LogP contribution is -2.36. The number of fused-ring (bicyclic) bond motifs is 3. The minimum Gasteiger partial charge on any atom is -0.371 e. The van der Waals surface area contributed by atoms with Crippen molar-refractivity contribution in [1.82, 2.24) is 10.3 Å². The van der Waals surface area contributed by atoms with Crippen LogP contribution in [-0.4, -0.2) is 30.5 Å². The summed E-state index contributed by atoms with van der Waals surface area (Å²) in [6.45, 7) is 8.35. The number of rotatable bonds is 5. The second kappa shape index (κ2) is 8.47. The third kappa shape index (κ3) is 4.01. The summed E-state index contributed by atoms with van der Waals surface area (Å²) in [5.41, 5.74) is 3.53. The number of thiophene rings is 1. The Kier molecular flexibility index (Phi) is 5.66. The molecule has 1 saturated carbocycles. The molecule has 32 heavy (non-hydrogen) atoms. The van der Waals surface area contributed by atoms with E-state index in [0.29, 0.717) is 17.0 Å². The van der Waals surface area contributed by atoms with Gasteiger partial charge < -0.3 is 10.2 Å². The molecule has 2 fully saturated rings. The number of anilines is 1. The lowest BCUT2D eigenvalue weighted by atomic mass is 9.96. The van der Waals surface area contributed by atoms with Crippen LogP contribution in [0.2, 0.25) is 0 Å². The second-order valence-corrected chi connectivity index (χ2v) is 10.6. The number of hydrogen-bond acceptors (Lipinski definition) is 4.